The number of hydrogen-bond acceptors (Lipinski definition) is 4. The highest BCUT2D eigenvalue weighted by Crippen LogP contribution is 2.18. The maximum absolute atomic E-state index is 12.1. The number of amides is 1. The van der Waals surface area contributed by atoms with Gasteiger partial charge in [-0.1, -0.05) is 12.1 Å². The molecule has 0 aliphatic carbocycles. The number of rotatable bonds is 4. The molecule has 0 saturated heterocycles. The van der Waals surface area contributed by atoms with Crippen molar-refractivity contribution in [3.05, 3.63) is 53.7 Å². The number of aromatic nitrogens is 1. The van der Waals surface area contributed by atoms with Gasteiger partial charge in [-0.2, -0.15) is 0 Å². The van der Waals surface area contributed by atoms with Gasteiger partial charge in [0.15, 0.2) is 0 Å². The number of aliphatic hydroxyl groups is 1. The van der Waals surface area contributed by atoms with Gasteiger partial charge in [-0.25, -0.2) is 4.98 Å². The van der Waals surface area contributed by atoms with Crippen LogP contribution >= 0.6 is 11.8 Å². The topological polar surface area (TPSA) is 62.2 Å². The van der Waals surface area contributed by atoms with E-state index < -0.39 is 0 Å². The lowest BCUT2D eigenvalue weighted by molar-refractivity contribution is 0.102. The third kappa shape index (κ3) is 3.33. The minimum atomic E-state index is -0.186. The van der Waals surface area contributed by atoms with Crippen LogP contribution in [0.4, 0.5) is 5.69 Å². The van der Waals surface area contributed by atoms with Gasteiger partial charge in [-0.15, -0.1) is 11.8 Å². The first kappa shape index (κ1) is 13.6. The molecule has 0 saturated carbocycles. The number of nitrogens with zero attached hydrogens (tertiary/aromatic N) is 1. The van der Waals surface area contributed by atoms with Crippen LogP contribution in [0.15, 0.2) is 47.6 Å². The second kappa shape index (κ2) is 6.36. The summed E-state index contributed by atoms with van der Waals surface area (Å²) in [5.74, 6) is -0.186. The normalized spacial score (nSPS) is 10.2. The number of benzene rings is 1. The van der Waals surface area contributed by atoms with Gasteiger partial charge in [-0.3, -0.25) is 4.79 Å². The number of anilines is 1. The van der Waals surface area contributed by atoms with E-state index in [9.17, 15) is 4.79 Å². The average molecular weight is 274 g/mol. The zero-order valence-corrected chi connectivity index (χ0v) is 11.3. The Morgan fingerprint density at radius 2 is 2.05 bits per heavy atom. The molecule has 1 heterocycles. The third-order valence-corrected chi connectivity index (χ3v) is 3.32. The summed E-state index contributed by atoms with van der Waals surface area (Å²) in [6, 6.07) is 10.6. The molecule has 4 nitrogen and oxygen atoms in total. The molecule has 1 aromatic heterocycles. The highest BCUT2D eigenvalue weighted by molar-refractivity contribution is 7.98. The lowest BCUT2D eigenvalue weighted by Crippen LogP contribution is -2.13. The van der Waals surface area contributed by atoms with E-state index in [0.29, 0.717) is 16.3 Å². The quantitative estimate of drug-likeness (QED) is 0.841. The Balaban J connectivity index is 2.16. The fourth-order valence-electron chi connectivity index (χ4n) is 1.62. The van der Waals surface area contributed by atoms with E-state index in [0.717, 1.165) is 5.56 Å². The number of carbonyl (C=O) groups is 1. The number of carbonyl (C=O) groups excluding carboxylic acids is 1. The molecular weight excluding hydrogens is 260 g/mol. The predicted octanol–water partition coefficient (Wildman–Crippen LogP) is 2.55. The van der Waals surface area contributed by atoms with Crippen LogP contribution in [0.25, 0.3) is 0 Å². The summed E-state index contributed by atoms with van der Waals surface area (Å²) < 4.78 is 0. The summed E-state index contributed by atoms with van der Waals surface area (Å²) >= 11 is 1.44. The molecule has 1 amide bonds. The maximum Gasteiger partial charge on any atom is 0.258 e. The van der Waals surface area contributed by atoms with Crippen molar-refractivity contribution in [2.75, 3.05) is 11.6 Å². The summed E-state index contributed by atoms with van der Waals surface area (Å²) in [6.07, 6.45) is 3.55. The first-order valence-corrected chi connectivity index (χ1v) is 6.97. The molecule has 19 heavy (non-hydrogen) atoms. The molecule has 5 heteroatoms. The standard InChI is InChI=1S/C14H14N2O2S/c1-19-14-12(3-2-8-15-14)13(18)16-11-6-4-10(9-17)5-7-11/h2-8,17H,9H2,1H3,(H,16,18). The summed E-state index contributed by atoms with van der Waals surface area (Å²) in [5.41, 5.74) is 2.06. The number of thioether (sulfide) groups is 1. The van der Waals surface area contributed by atoms with Gasteiger partial charge in [0, 0.05) is 11.9 Å². The molecular formula is C14H14N2O2S. The molecule has 0 unspecified atom stereocenters. The Kier molecular flexibility index (Phi) is 4.54. The van der Waals surface area contributed by atoms with Crippen molar-refractivity contribution in [1.82, 2.24) is 4.98 Å². The van der Waals surface area contributed by atoms with Crippen molar-refractivity contribution in [1.29, 1.82) is 0 Å². The molecule has 0 fully saturated rings. The smallest absolute Gasteiger partial charge is 0.258 e. The lowest BCUT2D eigenvalue weighted by Gasteiger charge is -2.08. The summed E-state index contributed by atoms with van der Waals surface area (Å²) in [6.45, 7) is -0.00649. The Labute approximate surface area is 115 Å². The summed E-state index contributed by atoms with van der Waals surface area (Å²) in [5, 5.41) is 12.5. The van der Waals surface area contributed by atoms with E-state index in [1.165, 1.54) is 11.8 Å². The molecule has 2 N–H and O–H groups in total. The Bertz CT molecular complexity index is 570. The van der Waals surface area contributed by atoms with Crippen LogP contribution in [0.5, 0.6) is 0 Å². The zero-order valence-electron chi connectivity index (χ0n) is 10.5. The Hall–Kier alpha value is -1.85. The van der Waals surface area contributed by atoms with Gasteiger partial charge in [0.25, 0.3) is 5.91 Å². The van der Waals surface area contributed by atoms with E-state index in [2.05, 4.69) is 10.3 Å². The largest absolute Gasteiger partial charge is 0.392 e. The van der Waals surface area contributed by atoms with Gasteiger partial charge in [-0.05, 0) is 36.1 Å². The third-order valence-electron chi connectivity index (χ3n) is 2.60. The fourth-order valence-corrected chi connectivity index (χ4v) is 2.17. The second-order valence-electron chi connectivity index (χ2n) is 3.87. The van der Waals surface area contributed by atoms with Crippen LogP contribution in [0, 0.1) is 0 Å². The number of aliphatic hydroxyl groups excluding tert-OH is 1. The number of hydrogen-bond donors (Lipinski definition) is 2. The highest BCUT2D eigenvalue weighted by Gasteiger charge is 2.11. The number of pyridine rings is 1. The molecule has 2 rings (SSSR count). The van der Waals surface area contributed by atoms with E-state index in [-0.39, 0.29) is 12.5 Å². The van der Waals surface area contributed by atoms with Gasteiger partial charge in [0.1, 0.15) is 5.03 Å². The molecule has 0 bridgehead atoms. The summed E-state index contributed by atoms with van der Waals surface area (Å²) in [7, 11) is 0. The molecule has 2 aromatic rings. The highest BCUT2D eigenvalue weighted by atomic mass is 32.2. The van der Waals surface area contributed by atoms with Crippen molar-refractivity contribution < 1.29 is 9.90 Å². The van der Waals surface area contributed by atoms with Gasteiger partial charge in [0.05, 0.1) is 12.2 Å². The van der Waals surface area contributed by atoms with E-state index in [4.69, 9.17) is 5.11 Å². The van der Waals surface area contributed by atoms with Crippen LogP contribution < -0.4 is 5.32 Å². The second-order valence-corrected chi connectivity index (χ2v) is 4.66. The van der Waals surface area contributed by atoms with E-state index >= 15 is 0 Å². The Morgan fingerprint density at radius 3 is 2.68 bits per heavy atom. The lowest BCUT2D eigenvalue weighted by atomic mass is 10.2. The van der Waals surface area contributed by atoms with Crippen LogP contribution in [0.2, 0.25) is 0 Å². The van der Waals surface area contributed by atoms with E-state index in [1.807, 2.05) is 6.26 Å². The average Bonchev–Trinajstić information content (AvgIpc) is 2.48. The van der Waals surface area contributed by atoms with E-state index in [1.54, 1.807) is 42.6 Å². The van der Waals surface area contributed by atoms with Gasteiger partial charge < -0.3 is 10.4 Å². The van der Waals surface area contributed by atoms with Crippen LogP contribution in [-0.4, -0.2) is 22.3 Å². The minimum Gasteiger partial charge on any atom is -0.392 e. The first-order valence-electron chi connectivity index (χ1n) is 5.74. The fraction of sp³-hybridized carbons (Fsp3) is 0.143. The molecule has 0 aliphatic rings. The molecule has 0 atom stereocenters. The van der Waals surface area contributed by atoms with Crippen LogP contribution in [-0.2, 0) is 6.61 Å². The molecule has 0 radical (unpaired) electrons. The molecule has 0 aliphatic heterocycles. The zero-order chi connectivity index (χ0) is 13.7. The molecule has 98 valence electrons. The van der Waals surface area contributed by atoms with Gasteiger partial charge in [0.2, 0.25) is 0 Å². The first-order chi connectivity index (χ1) is 9.24. The Morgan fingerprint density at radius 1 is 1.32 bits per heavy atom. The minimum absolute atomic E-state index is 0.00649. The van der Waals surface area contributed by atoms with Crippen molar-refractivity contribution in [3.63, 3.8) is 0 Å². The van der Waals surface area contributed by atoms with Crippen LogP contribution in [0.3, 0.4) is 0 Å². The molecule has 1 aromatic carbocycles. The predicted molar refractivity (Wildman–Crippen MR) is 76.3 cm³/mol. The number of nitrogens with one attached hydrogen (secondary N) is 1. The molecule has 0 spiro atoms. The monoisotopic (exact) mass is 274 g/mol. The SMILES string of the molecule is CSc1ncccc1C(=O)Nc1ccc(CO)cc1. The van der Waals surface area contributed by atoms with Crippen molar-refractivity contribution in [2.24, 2.45) is 0 Å². The summed E-state index contributed by atoms with van der Waals surface area (Å²) in [4.78, 5) is 16.3. The van der Waals surface area contributed by atoms with Crippen molar-refractivity contribution >= 4 is 23.4 Å². The van der Waals surface area contributed by atoms with Gasteiger partial charge >= 0.3 is 0 Å². The maximum atomic E-state index is 12.1. The van der Waals surface area contributed by atoms with Crippen molar-refractivity contribution in [2.45, 2.75) is 11.6 Å². The van der Waals surface area contributed by atoms with Crippen LogP contribution in [0.1, 0.15) is 15.9 Å². The van der Waals surface area contributed by atoms with Crippen molar-refractivity contribution in [3.8, 4) is 0 Å².